The number of hydrogen-bond acceptors (Lipinski definition) is 3. The Bertz CT molecular complexity index is 794. The summed E-state index contributed by atoms with van der Waals surface area (Å²) in [5, 5.41) is 10.2. The molecule has 1 amide bonds. The molecular formula is C22H21NO3. The van der Waals surface area contributed by atoms with Gasteiger partial charge in [-0.1, -0.05) is 42.5 Å². The van der Waals surface area contributed by atoms with E-state index in [-0.39, 0.29) is 5.91 Å². The van der Waals surface area contributed by atoms with Gasteiger partial charge in [0.2, 0.25) is 0 Å². The predicted molar refractivity (Wildman–Crippen MR) is 99.2 cm³/mol. The first-order chi connectivity index (χ1) is 12.7. The van der Waals surface area contributed by atoms with Crippen LogP contribution in [0.25, 0.3) is 0 Å². The fourth-order valence-corrected chi connectivity index (χ4v) is 2.86. The van der Waals surface area contributed by atoms with Gasteiger partial charge in [-0.2, -0.15) is 0 Å². The van der Waals surface area contributed by atoms with E-state index in [2.05, 4.69) is 12.1 Å². The van der Waals surface area contributed by atoms with Crippen LogP contribution in [0.15, 0.2) is 66.3 Å². The molecule has 0 saturated carbocycles. The highest BCUT2D eigenvalue weighted by atomic mass is 16.5. The number of carbonyl (C=O) groups is 1. The third kappa shape index (κ3) is 4.33. The van der Waals surface area contributed by atoms with E-state index in [9.17, 15) is 9.90 Å². The first kappa shape index (κ1) is 17.8. The number of aliphatic hydroxyl groups excluding tert-OH is 1. The monoisotopic (exact) mass is 347 g/mol. The maximum Gasteiger partial charge on any atom is 0.253 e. The summed E-state index contributed by atoms with van der Waals surface area (Å²) < 4.78 is 5.19. The van der Waals surface area contributed by atoms with Crippen molar-refractivity contribution in [3.63, 3.8) is 0 Å². The highest BCUT2D eigenvalue weighted by Gasteiger charge is 2.24. The van der Waals surface area contributed by atoms with Crippen molar-refractivity contribution in [1.29, 1.82) is 0 Å². The minimum Gasteiger partial charge on any atom is -0.497 e. The summed E-state index contributed by atoms with van der Waals surface area (Å²) in [6.45, 7) is 0.874. The summed E-state index contributed by atoms with van der Waals surface area (Å²) in [6, 6.07) is 18.9. The Labute approximate surface area is 154 Å². The molecule has 0 fully saturated rings. The second-order valence-electron chi connectivity index (χ2n) is 6.15. The SMILES string of the molecule is COc1ccc(CN(Cc2cc#ccc2)C(=O)C2=CC=CCC2O)cc1. The fraction of sp³-hybridized carbons (Fsp3) is 0.227. The Morgan fingerprint density at radius 3 is 2.62 bits per heavy atom. The molecule has 4 heteroatoms. The van der Waals surface area contributed by atoms with Crippen molar-refractivity contribution in [2.75, 3.05) is 7.11 Å². The summed E-state index contributed by atoms with van der Waals surface area (Å²) in [5.74, 6) is 0.612. The summed E-state index contributed by atoms with van der Waals surface area (Å²) in [4.78, 5) is 14.8. The quantitative estimate of drug-likeness (QED) is 0.874. The molecule has 1 aliphatic rings. The molecule has 0 heterocycles. The molecule has 0 bridgehead atoms. The second kappa shape index (κ2) is 8.37. The van der Waals surface area contributed by atoms with Gasteiger partial charge in [-0.25, -0.2) is 0 Å². The average molecular weight is 347 g/mol. The Kier molecular flexibility index (Phi) is 5.73. The van der Waals surface area contributed by atoms with Crippen LogP contribution in [0.3, 0.4) is 0 Å². The average Bonchev–Trinajstić information content (AvgIpc) is 2.69. The van der Waals surface area contributed by atoms with Crippen LogP contribution in [-0.4, -0.2) is 29.1 Å². The number of ether oxygens (including phenoxy) is 1. The van der Waals surface area contributed by atoms with Crippen LogP contribution in [-0.2, 0) is 17.9 Å². The van der Waals surface area contributed by atoms with Crippen molar-refractivity contribution in [2.45, 2.75) is 25.6 Å². The van der Waals surface area contributed by atoms with Gasteiger partial charge in [0, 0.05) is 18.7 Å². The lowest BCUT2D eigenvalue weighted by atomic mass is 10.00. The van der Waals surface area contributed by atoms with E-state index in [1.165, 1.54) is 0 Å². The number of allylic oxidation sites excluding steroid dienone is 2. The normalized spacial score (nSPS) is 15.8. The number of benzene rings is 1. The van der Waals surface area contributed by atoms with Gasteiger partial charge in [0.15, 0.2) is 0 Å². The van der Waals surface area contributed by atoms with Gasteiger partial charge >= 0.3 is 0 Å². The molecule has 0 aromatic heterocycles. The molecule has 0 saturated heterocycles. The molecule has 1 unspecified atom stereocenters. The third-order valence-electron chi connectivity index (χ3n) is 4.29. The van der Waals surface area contributed by atoms with Gasteiger partial charge in [-0.3, -0.25) is 4.79 Å². The summed E-state index contributed by atoms with van der Waals surface area (Å²) in [6.07, 6.45) is 5.07. The highest BCUT2D eigenvalue weighted by molar-refractivity contribution is 5.95. The van der Waals surface area contributed by atoms with Gasteiger partial charge in [0.25, 0.3) is 5.91 Å². The smallest absolute Gasteiger partial charge is 0.253 e. The van der Waals surface area contributed by atoms with E-state index in [1.54, 1.807) is 24.2 Å². The molecule has 1 atom stereocenters. The Morgan fingerprint density at radius 1 is 1.19 bits per heavy atom. The van der Waals surface area contributed by atoms with E-state index in [1.807, 2.05) is 48.6 Å². The molecule has 2 aromatic carbocycles. The molecular weight excluding hydrogens is 326 g/mol. The molecule has 3 rings (SSSR count). The molecule has 0 spiro atoms. The summed E-state index contributed by atoms with van der Waals surface area (Å²) in [5.41, 5.74) is 2.38. The molecule has 2 aromatic rings. The van der Waals surface area contributed by atoms with Gasteiger partial charge in [0.05, 0.1) is 13.2 Å². The fourth-order valence-electron chi connectivity index (χ4n) is 2.86. The van der Waals surface area contributed by atoms with Crippen molar-refractivity contribution in [1.82, 2.24) is 4.90 Å². The number of amides is 1. The van der Waals surface area contributed by atoms with Crippen molar-refractivity contribution >= 4 is 5.91 Å². The number of carbonyl (C=O) groups excluding carboxylic acids is 1. The lowest BCUT2D eigenvalue weighted by Gasteiger charge is -2.26. The lowest BCUT2D eigenvalue weighted by molar-refractivity contribution is -0.129. The van der Waals surface area contributed by atoms with Crippen molar-refractivity contribution in [3.8, 4) is 5.75 Å². The maximum atomic E-state index is 13.1. The van der Waals surface area contributed by atoms with Gasteiger partial charge in [-0.05, 0) is 47.9 Å². The number of hydrogen-bond donors (Lipinski definition) is 1. The van der Waals surface area contributed by atoms with Crippen LogP contribution in [0.4, 0.5) is 0 Å². The predicted octanol–water partition coefficient (Wildman–Crippen LogP) is 3.07. The summed E-state index contributed by atoms with van der Waals surface area (Å²) >= 11 is 0. The van der Waals surface area contributed by atoms with E-state index < -0.39 is 6.10 Å². The minimum atomic E-state index is -0.762. The van der Waals surface area contributed by atoms with Crippen molar-refractivity contribution in [3.05, 3.63) is 89.5 Å². The Hall–Kier alpha value is -3.03. The highest BCUT2D eigenvalue weighted by Crippen LogP contribution is 2.20. The Morgan fingerprint density at radius 2 is 1.96 bits per heavy atom. The van der Waals surface area contributed by atoms with E-state index >= 15 is 0 Å². The first-order valence-electron chi connectivity index (χ1n) is 8.51. The largest absolute Gasteiger partial charge is 0.497 e. The van der Waals surface area contributed by atoms with Crippen LogP contribution in [0.5, 0.6) is 5.75 Å². The van der Waals surface area contributed by atoms with Crippen LogP contribution in [0, 0.1) is 12.1 Å². The minimum absolute atomic E-state index is 0.162. The standard InChI is InChI=1S/C22H21NO3/c1-26-19-13-11-18(12-14-19)16-23(15-17-7-3-2-4-8-17)22(25)20-9-5-6-10-21(20)24/h3,5-9,11-14,21,24H,10,15-16H2,1H3. The van der Waals surface area contributed by atoms with E-state index in [4.69, 9.17) is 4.74 Å². The molecule has 132 valence electrons. The molecule has 0 aliphatic heterocycles. The van der Waals surface area contributed by atoms with E-state index in [0.29, 0.717) is 25.1 Å². The molecule has 0 radical (unpaired) electrons. The zero-order chi connectivity index (χ0) is 18.4. The van der Waals surface area contributed by atoms with E-state index in [0.717, 1.165) is 16.9 Å². The molecule has 4 nitrogen and oxygen atoms in total. The number of aliphatic hydroxyl groups is 1. The maximum absolute atomic E-state index is 13.1. The van der Waals surface area contributed by atoms with Crippen molar-refractivity contribution in [2.24, 2.45) is 0 Å². The second-order valence-corrected chi connectivity index (χ2v) is 6.15. The zero-order valence-electron chi connectivity index (χ0n) is 14.7. The molecule has 1 aliphatic carbocycles. The number of nitrogens with zero attached hydrogens (tertiary/aromatic N) is 1. The van der Waals surface area contributed by atoms with Crippen LogP contribution in [0.2, 0.25) is 0 Å². The van der Waals surface area contributed by atoms with Gasteiger partial charge < -0.3 is 14.7 Å². The number of rotatable bonds is 6. The van der Waals surface area contributed by atoms with Crippen LogP contribution >= 0.6 is 0 Å². The van der Waals surface area contributed by atoms with Crippen LogP contribution in [0.1, 0.15) is 17.5 Å². The molecule has 26 heavy (non-hydrogen) atoms. The number of methoxy groups -OCH3 is 1. The van der Waals surface area contributed by atoms with Crippen molar-refractivity contribution < 1.29 is 14.6 Å². The van der Waals surface area contributed by atoms with Crippen LogP contribution < -0.4 is 4.74 Å². The lowest BCUT2D eigenvalue weighted by Crippen LogP contribution is -2.35. The third-order valence-corrected chi connectivity index (χ3v) is 4.29. The topological polar surface area (TPSA) is 49.8 Å². The summed E-state index contributed by atoms with van der Waals surface area (Å²) in [7, 11) is 1.62. The first-order valence-corrected chi connectivity index (χ1v) is 8.51. The van der Waals surface area contributed by atoms with Gasteiger partial charge in [0.1, 0.15) is 5.75 Å². The molecule has 1 N–H and O–H groups in total. The Balaban J connectivity index is 1.84. The van der Waals surface area contributed by atoms with Gasteiger partial charge in [-0.15, -0.1) is 0 Å². The zero-order valence-corrected chi connectivity index (χ0v) is 14.7.